The maximum Gasteiger partial charge on any atom is 0.416 e. The Morgan fingerprint density at radius 3 is 2.44 bits per heavy atom. The first-order valence-electron chi connectivity index (χ1n) is 5.76. The van der Waals surface area contributed by atoms with E-state index in [4.69, 9.17) is 5.84 Å². The Kier molecular flexibility index (Phi) is 3.99. The minimum atomic E-state index is -4.33. The average molecular weight is 323 g/mol. The van der Waals surface area contributed by atoms with Gasteiger partial charge in [-0.1, -0.05) is 22.4 Å². The number of benzene rings is 1. The second-order valence-corrected chi connectivity index (χ2v) is 5.42. The van der Waals surface area contributed by atoms with Gasteiger partial charge in [0.15, 0.2) is 0 Å². The lowest BCUT2D eigenvalue weighted by atomic mass is 9.77. The molecular formula is C12H14BrF3N2. The Labute approximate surface area is 112 Å². The Morgan fingerprint density at radius 1 is 1.33 bits per heavy atom. The van der Waals surface area contributed by atoms with Gasteiger partial charge in [-0.2, -0.15) is 13.2 Å². The molecule has 1 aliphatic rings. The number of alkyl halides is 3. The van der Waals surface area contributed by atoms with Gasteiger partial charge >= 0.3 is 6.18 Å². The molecule has 1 saturated carbocycles. The van der Waals surface area contributed by atoms with Gasteiger partial charge in [0, 0.05) is 10.5 Å². The van der Waals surface area contributed by atoms with Gasteiger partial charge in [-0.05, 0) is 42.5 Å². The standard InChI is InChI=1S/C12H14BrF3N2/c13-10-5-4-8(12(14,15)16)6-9(10)11(18-17)7-2-1-3-7/h4-7,11,18H,1-3,17H2. The van der Waals surface area contributed by atoms with E-state index in [-0.39, 0.29) is 6.04 Å². The molecule has 1 aliphatic carbocycles. The zero-order chi connectivity index (χ0) is 13.3. The molecular weight excluding hydrogens is 309 g/mol. The van der Waals surface area contributed by atoms with E-state index in [1.54, 1.807) is 0 Å². The number of nitrogens with two attached hydrogens (primary N) is 1. The third kappa shape index (κ3) is 2.70. The molecule has 18 heavy (non-hydrogen) atoms. The summed E-state index contributed by atoms with van der Waals surface area (Å²) in [5, 5.41) is 0. The lowest BCUT2D eigenvalue weighted by Crippen LogP contribution is -2.36. The number of nitrogens with one attached hydrogen (secondary N) is 1. The van der Waals surface area contributed by atoms with Gasteiger partial charge in [0.2, 0.25) is 0 Å². The van der Waals surface area contributed by atoms with Crippen molar-refractivity contribution in [2.45, 2.75) is 31.5 Å². The molecule has 0 aromatic heterocycles. The zero-order valence-corrected chi connectivity index (χ0v) is 11.2. The minimum Gasteiger partial charge on any atom is -0.271 e. The van der Waals surface area contributed by atoms with Crippen molar-refractivity contribution in [3.63, 3.8) is 0 Å². The van der Waals surface area contributed by atoms with E-state index >= 15 is 0 Å². The van der Waals surface area contributed by atoms with Gasteiger partial charge in [0.1, 0.15) is 0 Å². The molecule has 0 heterocycles. The summed E-state index contributed by atoms with van der Waals surface area (Å²) in [7, 11) is 0. The van der Waals surface area contributed by atoms with E-state index in [1.807, 2.05) is 0 Å². The zero-order valence-electron chi connectivity index (χ0n) is 9.60. The summed E-state index contributed by atoms with van der Waals surface area (Å²) in [6, 6.07) is 3.45. The molecule has 1 fully saturated rings. The van der Waals surface area contributed by atoms with Crippen molar-refractivity contribution in [3.05, 3.63) is 33.8 Å². The van der Waals surface area contributed by atoms with Crippen molar-refractivity contribution >= 4 is 15.9 Å². The molecule has 1 unspecified atom stereocenters. The number of rotatable bonds is 3. The van der Waals surface area contributed by atoms with Crippen LogP contribution in [0.25, 0.3) is 0 Å². The smallest absolute Gasteiger partial charge is 0.271 e. The lowest BCUT2D eigenvalue weighted by Gasteiger charge is -2.34. The molecule has 1 atom stereocenters. The van der Waals surface area contributed by atoms with E-state index < -0.39 is 11.7 Å². The maximum absolute atomic E-state index is 12.7. The molecule has 6 heteroatoms. The Bertz CT molecular complexity index is 430. The van der Waals surface area contributed by atoms with Crippen LogP contribution in [0.2, 0.25) is 0 Å². The second-order valence-electron chi connectivity index (χ2n) is 4.57. The molecule has 0 saturated heterocycles. The van der Waals surface area contributed by atoms with E-state index in [9.17, 15) is 13.2 Å². The molecule has 2 nitrogen and oxygen atoms in total. The third-order valence-corrected chi connectivity index (χ3v) is 4.18. The van der Waals surface area contributed by atoms with Gasteiger partial charge in [0.05, 0.1) is 5.56 Å². The highest BCUT2D eigenvalue weighted by Gasteiger charge is 2.34. The first-order valence-corrected chi connectivity index (χ1v) is 6.55. The number of hydrogen-bond acceptors (Lipinski definition) is 2. The minimum absolute atomic E-state index is 0.226. The molecule has 3 N–H and O–H groups in total. The van der Waals surface area contributed by atoms with Crippen LogP contribution in [0.15, 0.2) is 22.7 Å². The average Bonchev–Trinajstić information content (AvgIpc) is 2.22. The Hall–Kier alpha value is -0.590. The number of hydrazine groups is 1. The molecule has 1 aromatic carbocycles. The van der Waals surface area contributed by atoms with Crippen LogP contribution in [0.3, 0.4) is 0 Å². The molecule has 100 valence electrons. The number of hydrogen-bond donors (Lipinski definition) is 2. The first-order chi connectivity index (χ1) is 8.43. The summed E-state index contributed by atoms with van der Waals surface area (Å²) in [5.41, 5.74) is 2.58. The summed E-state index contributed by atoms with van der Waals surface area (Å²) >= 11 is 3.30. The fourth-order valence-corrected chi connectivity index (χ4v) is 2.70. The molecule has 0 bridgehead atoms. The monoisotopic (exact) mass is 322 g/mol. The normalized spacial score (nSPS) is 18.5. The summed E-state index contributed by atoms with van der Waals surface area (Å²) in [6.45, 7) is 0. The van der Waals surface area contributed by atoms with Crippen LogP contribution in [0, 0.1) is 5.92 Å². The summed E-state index contributed by atoms with van der Waals surface area (Å²) in [4.78, 5) is 0. The molecule has 0 amide bonds. The summed E-state index contributed by atoms with van der Waals surface area (Å²) in [5.74, 6) is 5.81. The van der Waals surface area contributed by atoms with Crippen LogP contribution in [-0.2, 0) is 6.18 Å². The van der Waals surface area contributed by atoms with Gasteiger partial charge < -0.3 is 0 Å². The third-order valence-electron chi connectivity index (χ3n) is 3.46. The van der Waals surface area contributed by atoms with Crippen LogP contribution < -0.4 is 11.3 Å². The molecule has 0 aliphatic heterocycles. The topological polar surface area (TPSA) is 38.0 Å². The van der Waals surface area contributed by atoms with Crippen molar-refractivity contribution in [1.82, 2.24) is 5.43 Å². The fourth-order valence-electron chi connectivity index (χ4n) is 2.21. The predicted molar refractivity (Wildman–Crippen MR) is 66.5 cm³/mol. The Balaban J connectivity index is 2.35. The van der Waals surface area contributed by atoms with Crippen molar-refractivity contribution < 1.29 is 13.2 Å². The predicted octanol–water partition coefficient (Wildman–Crippen LogP) is 3.77. The molecule has 0 spiro atoms. The largest absolute Gasteiger partial charge is 0.416 e. The van der Waals surface area contributed by atoms with Crippen molar-refractivity contribution in [1.29, 1.82) is 0 Å². The maximum atomic E-state index is 12.7. The van der Waals surface area contributed by atoms with Crippen LogP contribution >= 0.6 is 15.9 Å². The van der Waals surface area contributed by atoms with Crippen LogP contribution in [-0.4, -0.2) is 0 Å². The first kappa shape index (κ1) is 13.8. The van der Waals surface area contributed by atoms with Crippen molar-refractivity contribution in [2.24, 2.45) is 11.8 Å². The van der Waals surface area contributed by atoms with E-state index in [1.165, 1.54) is 12.1 Å². The van der Waals surface area contributed by atoms with Gasteiger partial charge in [-0.3, -0.25) is 11.3 Å². The quantitative estimate of drug-likeness (QED) is 0.656. The van der Waals surface area contributed by atoms with E-state index in [0.717, 1.165) is 25.3 Å². The summed E-state index contributed by atoms with van der Waals surface area (Å²) in [6.07, 6.45) is -1.22. The van der Waals surface area contributed by atoms with Crippen LogP contribution in [0.1, 0.15) is 36.4 Å². The van der Waals surface area contributed by atoms with Crippen LogP contribution in [0.4, 0.5) is 13.2 Å². The molecule has 0 radical (unpaired) electrons. The highest BCUT2D eigenvalue weighted by atomic mass is 79.9. The SMILES string of the molecule is NNC(c1cc(C(F)(F)F)ccc1Br)C1CCC1. The van der Waals surface area contributed by atoms with Crippen LogP contribution in [0.5, 0.6) is 0 Å². The molecule has 1 aromatic rings. The number of halogens is 4. The van der Waals surface area contributed by atoms with Crippen molar-refractivity contribution in [3.8, 4) is 0 Å². The van der Waals surface area contributed by atoms with Gasteiger partial charge in [0.25, 0.3) is 0 Å². The fraction of sp³-hybridized carbons (Fsp3) is 0.500. The van der Waals surface area contributed by atoms with E-state index in [0.29, 0.717) is 16.0 Å². The molecule has 2 rings (SSSR count). The lowest BCUT2D eigenvalue weighted by molar-refractivity contribution is -0.137. The van der Waals surface area contributed by atoms with Gasteiger partial charge in [-0.25, -0.2) is 0 Å². The highest BCUT2D eigenvalue weighted by molar-refractivity contribution is 9.10. The van der Waals surface area contributed by atoms with Gasteiger partial charge in [-0.15, -0.1) is 0 Å². The second kappa shape index (κ2) is 5.19. The van der Waals surface area contributed by atoms with E-state index in [2.05, 4.69) is 21.4 Å². The summed E-state index contributed by atoms with van der Waals surface area (Å²) < 4.78 is 38.7. The highest BCUT2D eigenvalue weighted by Crippen LogP contribution is 2.41. The van der Waals surface area contributed by atoms with Crippen molar-refractivity contribution in [2.75, 3.05) is 0 Å². The Morgan fingerprint density at radius 2 is 2.00 bits per heavy atom.